The third-order valence-electron chi connectivity index (χ3n) is 16.3. The highest BCUT2D eigenvalue weighted by atomic mass is 15.2. The summed E-state index contributed by atoms with van der Waals surface area (Å²) in [6.45, 7) is 0. The quantitative estimate of drug-likeness (QED) is 0.150. The molecular weight excluding hydrogens is 1000 g/mol. The van der Waals surface area contributed by atoms with Gasteiger partial charge in [-0.05, 0) is 42.8 Å². The molecule has 16 aromatic rings. The molecular formula is C72H46N10. The minimum atomic E-state index is -0.0154. The van der Waals surface area contributed by atoms with Crippen molar-refractivity contribution in [3.63, 3.8) is 0 Å². The molecule has 10 aromatic carbocycles. The summed E-state index contributed by atoms with van der Waals surface area (Å²) in [5.74, 6) is 3.63. The van der Waals surface area contributed by atoms with Crippen LogP contribution in [0, 0.1) is 0 Å². The standard InChI is InChI=1S/C72H46N10/c1-7-23-45(24-8-1)67-73-68(46-25-9-2-10-26-46)76-71(75-67)81-59-37-21-19-35-51(59)53-39-41-57-55-43-44-56-58-42-40-54-52-36-20-22-38-60(52)82(72-77-69(47-27-11-3-12-28-47)74-70(78-72)48-29-13-4-14-30-48)66(54)64(58)80(50-33-17-6-18-34-50)62(56)61(55)79(63(57)65(53)81)49-31-15-5-16-32-49/h1-29,31-44,48H,30H2. The Morgan fingerprint density at radius 2 is 0.622 bits per heavy atom. The third kappa shape index (κ3) is 6.94. The molecule has 0 bridgehead atoms. The minimum Gasteiger partial charge on any atom is -0.305 e. The Morgan fingerprint density at radius 3 is 1.02 bits per heavy atom. The van der Waals surface area contributed by atoms with Gasteiger partial charge in [-0.25, -0.2) is 9.97 Å². The first-order chi connectivity index (χ1) is 40.7. The molecule has 0 saturated heterocycles. The Kier molecular flexibility index (Phi) is 10.2. The van der Waals surface area contributed by atoms with Gasteiger partial charge < -0.3 is 9.13 Å². The van der Waals surface area contributed by atoms with E-state index in [1.807, 2.05) is 54.6 Å². The predicted molar refractivity (Wildman–Crippen MR) is 333 cm³/mol. The molecule has 0 radical (unpaired) electrons. The normalized spacial score (nSPS) is 13.6. The molecule has 6 aromatic heterocycles. The number of rotatable bonds is 8. The molecule has 17 rings (SSSR count). The van der Waals surface area contributed by atoms with Gasteiger partial charge in [-0.1, -0.05) is 224 Å². The van der Waals surface area contributed by atoms with Crippen molar-refractivity contribution in [3.05, 3.63) is 267 Å². The van der Waals surface area contributed by atoms with Crippen LogP contribution in [0.15, 0.2) is 261 Å². The summed E-state index contributed by atoms with van der Waals surface area (Å²) >= 11 is 0. The van der Waals surface area contributed by atoms with Gasteiger partial charge in [0.05, 0.1) is 44.1 Å². The average molecular weight is 1050 g/mol. The summed E-state index contributed by atoms with van der Waals surface area (Å²) in [7, 11) is 0. The number of nitrogens with zero attached hydrogens (tertiary/aromatic N) is 10. The van der Waals surface area contributed by atoms with E-state index in [9.17, 15) is 0 Å². The molecule has 1 aliphatic rings. The van der Waals surface area contributed by atoms with Crippen LogP contribution < -0.4 is 0 Å². The van der Waals surface area contributed by atoms with Gasteiger partial charge in [0, 0.05) is 77.1 Å². The molecule has 384 valence electrons. The van der Waals surface area contributed by atoms with Crippen molar-refractivity contribution in [2.75, 3.05) is 0 Å². The Balaban J connectivity index is 1.05. The zero-order chi connectivity index (χ0) is 53.8. The molecule has 0 fully saturated rings. The van der Waals surface area contributed by atoms with Crippen molar-refractivity contribution in [1.29, 1.82) is 0 Å². The zero-order valence-electron chi connectivity index (χ0n) is 44.1. The number of allylic oxidation sites excluding steroid dienone is 4. The van der Waals surface area contributed by atoms with E-state index in [-0.39, 0.29) is 5.92 Å². The summed E-state index contributed by atoms with van der Waals surface area (Å²) in [6.07, 6.45) is 9.38. The second-order valence-electron chi connectivity index (χ2n) is 21.0. The van der Waals surface area contributed by atoms with Crippen molar-refractivity contribution in [3.8, 4) is 57.4 Å². The van der Waals surface area contributed by atoms with Crippen molar-refractivity contribution in [1.82, 2.24) is 48.2 Å². The van der Waals surface area contributed by atoms with E-state index in [2.05, 4.69) is 225 Å². The monoisotopic (exact) mass is 1050 g/mol. The van der Waals surface area contributed by atoms with Crippen LogP contribution in [0.2, 0.25) is 0 Å². The van der Waals surface area contributed by atoms with E-state index in [1.54, 1.807) is 0 Å². The summed E-state index contributed by atoms with van der Waals surface area (Å²) < 4.78 is 9.54. The first kappa shape index (κ1) is 45.9. The Bertz CT molecular complexity index is 5230. The van der Waals surface area contributed by atoms with Crippen molar-refractivity contribution in [2.45, 2.75) is 12.3 Å². The fourth-order valence-corrected chi connectivity index (χ4v) is 12.8. The van der Waals surface area contributed by atoms with Crippen LogP contribution in [0.3, 0.4) is 0 Å². The largest absolute Gasteiger partial charge is 0.305 e. The van der Waals surface area contributed by atoms with Gasteiger partial charge in [-0.2, -0.15) is 19.9 Å². The van der Waals surface area contributed by atoms with Gasteiger partial charge in [-0.3, -0.25) is 9.13 Å². The second-order valence-corrected chi connectivity index (χ2v) is 21.0. The van der Waals surface area contributed by atoms with Crippen molar-refractivity contribution >= 4 is 87.2 Å². The number of hydrogen-bond acceptors (Lipinski definition) is 6. The van der Waals surface area contributed by atoms with E-state index >= 15 is 0 Å². The molecule has 0 amide bonds. The van der Waals surface area contributed by atoms with E-state index in [4.69, 9.17) is 29.9 Å². The molecule has 0 spiro atoms. The van der Waals surface area contributed by atoms with Crippen LogP contribution in [0.4, 0.5) is 0 Å². The maximum Gasteiger partial charge on any atom is 0.238 e. The molecule has 1 aliphatic carbocycles. The molecule has 82 heavy (non-hydrogen) atoms. The molecule has 10 heteroatoms. The van der Waals surface area contributed by atoms with Crippen LogP contribution in [0.5, 0.6) is 0 Å². The summed E-state index contributed by atoms with van der Waals surface area (Å²) in [5.41, 5.74) is 13.0. The first-order valence-corrected chi connectivity index (χ1v) is 27.7. The molecule has 0 N–H and O–H groups in total. The molecule has 10 nitrogen and oxygen atoms in total. The highest BCUT2D eigenvalue weighted by molar-refractivity contribution is 6.31. The molecule has 6 heterocycles. The number of para-hydroxylation sites is 4. The van der Waals surface area contributed by atoms with Crippen molar-refractivity contribution < 1.29 is 0 Å². The maximum absolute atomic E-state index is 5.47. The lowest BCUT2D eigenvalue weighted by molar-refractivity contribution is 0.750. The van der Waals surface area contributed by atoms with E-state index < -0.39 is 0 Å². The third-order valence-corrected chi connectivity index (χ3v) is 16.3. The van der Waals surface area contributed by atoms with Gasteiger partial charge in [0.2, 0.25) is 11.9 Å². The summed E-state index contributed by atoms with van der Waals surface area (Å²) in [6, 6.07) is 83.4. The number of fused-ring (bicyclic) bond motifs is 15. The molecule has 1 atom stereocenters. The lowest BCUT2D eigenvalue weighted by Gasteiger charge is -2.16. The lowest BCUT2D eigenvalue weighted by atomic mass is 10.00. The Hall–Kier alpha value is -11.1. The second kappa shape index (κ2) is 18.2. The minimum absolute atomic E-state index is 0.0154. The van der Waals surface area contributed by atoms with Crippen LogP contribution in [0.1, 0.15) is 18.2 Å². The SMILES string of the molecule is C1=CCC(c2nc(-c3ccccc3)nc(-n3c4ccccc4c4ccc5c6ccc7c8ccc9c%10ccccc%10n(-c%10nc(-c%11ccccc%11)nc(-c%11ccccc%11)n%10)c9c8n(-c8ccccc8)c7c6n(-c6ccccc6)c5c43)n2)C=C1. The Labute approximate surface area is 469 Å². The highest BCUT2D eigenvalue weighted by Gasteiger charge is 2.29. The van der Waals surface area contributed by atoms with E-state index in [1.165, 1.54) is 0 Å². The van der Waals surface area contributed by atoms with E-state index in [0.29, 0.717) is 29.4 Å². The average Bonchev–Trinajstić information content (AvgIpc) is 2.15. The van der Waals surface area contributed by atoms with Crippen molar-refractivity contribution in [2.24, 2.45) is 0 Å². The van der Waals surface area contributed by atoms with E-state index in [0.717, 1.165) is 128 Å². The van der Waals surface area contributed by atoms with Gasteiger partial charge in [0.15, 0.2) is 17.5 Å². The maximum atomic E-state index is 5.47. The summed E-state index contributed by atoms with van der Waals surface area (Å²) in [4.78, 5) is 32.1. The molecule has 1 unspecified atom stereocenters. The van der Waals surface area contributed by atoms with Crippen LogP contribution in [0.25, 0.3) is 145 Å². The number of hydrogen-bond donors (Lipinski definition) is 0. The fraction of sp³-hybridized carbons (Fsp3) is 0.0278. The van der Waals surface area contributed by atoms with Gasteiger partial charge in [-0.15, -0.1) is 0 Å². The fourth-order valence-electron chi connectivity index (χ4n) is 12.8. The highest BCUT2D eigenvalue weighted by Crippen LogP contribution is 2.48. The number of aromatic nitrogens is 10. The van der Waals surface area contributed by atoms with Gasteiger partial charge >= 0.3 is 0 Å². The van der Waals surface area contributed by atoms with Gasteiger partial charge in [0.25, 0.3) is 0 Å². The lowest BCUT2D eigenvalue weighted by Crippen LogP contribution is -2.11. The number of benzene rings is 10. The zero-order valence-corrected chi connectivity index (χ0v) is 44.1. The van der Waals surface area contributed by atoms with Crippen LogP contribution in [-0.2, 0) is 0 Å². The topological polar surface area (TPSA) is 97.1 Å². The van der Waals surface area contributed by atoms with Gasteiger partial charge in [0.1, 0.15) is 5.82 Å². The molecule has 0 saturated carbocycles. The molecule has 0 aliphatic heterocycles. The predicted octanol–water partition coefficient (Wildman–Crippen LogP) is 17.0. The summed E-state index contributed by atoms with van der Waals surface area (Å²) in [5, 5.41) is 8.81. The first-order valence-electron chi connectivity index (χ1n) is 27.7. The van der Waals surface area contributed by atoms with Crippen LogP contribution >= 0.6 is 0 Å². The smallest absolute Gasteiger partial charge is 0.238 e. The van der Waals surface area contributed by atoms with Crippen LogP contribution in [-0.4, -0.2) is 48.2 Å². The Morgan fingerprint density at radius 1 is 0.280 bits per heavy atom.